The number of rotatable bonds is 1. The van der Waals surface area contributed by atoms with Gasteiger partial charge in [0, 0.05) is 5.57 Å². The minimum atomic E-state index is 0.573. The molecular weight excluding hydrogens is 76.1 g/mol. The molecule has 1 heteroatoms. The van der Waals surface area contributed by atoms with Crippen LogP contribution in [0.15, 0.2) is 5.57 Å². The molecule has 0 aliphatic carbocycles. The van der Waals surface area contributed by atoms with Crippen LogP contribution in [0.4, 0.5) is 0 Å². The first-order valence-corrected chi connectivity index (χ1v) is 1.81. The van der Waals surface area contributed by atoms with Crippen LogP contribution in [0, 0.1) is 6.92 Å². The molecule has 33 valence electrons. The Bertz CT molecular complexity index is 77.9. The summed E-state index contributed by atoms with van der Waals surface area (Å²) in [6.07, 6.45) is 0.573. The van der Waals surface area contributed by atoms with Gasteiger partial charge >= 0.3 is 0 Å². The Morgan fingerprint density at radius 2 is 2.50 bits per heavy atom. The molecule has 0 atom stereocenters. The Labute approximate surface area is 37.7 Å². The lowest BCUT2D eigenvalue weighted by Gasteiger charge is -1.76. The average molecular weight is 83.1 g/mol. The van der Waals surface area contributed by atoms with Crippen molar-refractivity contribution in [2.75, 3.05) is 0 Å². The highest BCUT2D eigenvalue weighted by molar-refractivity contribution is 5.51. The highest BCUT2D eigenvalue weighted by Crippen LogP contribution is 1.87. The molecule has 0 aromatic rings. The predicted octanol–water partition coefficient (Wildman–Crippen LogP) is 0.988. The zero-order valence-electron chi connectivity index (χ0n) is 3.82. The van der Waals surface area contributed by atoms with Gasteiger partial charge in [-0.15, -0.1) is 0 Å². The van der Waals surface area contributed by atoms with Gasteiger partial charge in [0.2, 0.25) is 0 Å². The van der Waals surface area contributed by atoms with Crippen molar-refractivity contribution in [2.24, 2.45) is 0 Å². The maximum absolute atomic E-state index is 9.53. The quantitative estimate of drug-likeness (QED) is 0.432. The van der Waals surface area contributed by atoms with E-state index in [0.29, 0.717) is 12.0 Å². The van der Waals surface area contributed by atoms with Crippen LogP contribution in [-0.4, -0.2) is 5.94 Å². The zero-order chi connectivity index (χ0) is 4.99. The summed E-state index contributed by atoms with van der Waals surface area (Å²) < 4.78 is 0. The third-order valence-electron chi connectivity index (χ3n) is 0.549. The maximum atomic E-state index is 9.53. The molecule has 0 aliphatic rings. The van der Waals surface area contributed by atoms with E-state index in [9.17, 15) is 4.79 Å². The third-order valence-corrected chi connectivity index (χ3v) is 0.549. The monoisotopic (exact) mass is 83.0 g/mol. The molecule has 0 saturated carbocycles. The zero-order valence-corrected chi connectivity index (χ0v) is 3.82. The summed E-state index contributed by atoms with van der Waals surface area (Å²) in [5, 5.41) is 0. The third kappa shape index (κ3) is 1.74. The molecule has 0 heterocycles. The highest BCUT2D eigenvalue weighted by Gasteiger charge is 1.76. The number of allylic oxidation sites excluding steroid dienone is 1. The summed E-state index contributed by atoms with van der Waals surface area (Å²) >= 11 is 0. The van der Waals surface area contributed by atoms with E-state index in [-0.39, 0.29) is 0 Å². The van der Waals surface area contributed by atoms with Crippen molar-refractivity contribution in [3.05, 3.63) is 12.5 Å². The Morgan fingerprint density at radius 3 is 2.50 bits per heavy atom. The molecule has 1 radical (unpaired) electrons. The smallest absolute Gasteiger partial charge is 0.123 e. The van der Waals surface area contributed by atoms with Crippen LogP contribution in [0.5, 0.6) is 0 Å². The Balaban J connectivity index is 3.52. The van der Waals surface area contributed by atoms with Crippen molar-refractivity contribution >= 4 is 5.94 Å². The van der Waals surface area contributed by atoms with Gasteiger partial charge in [0.25, 0.3) is 0 Å². The molecule has 0 aliphatic heterocycles. The van der Waals surface area contributed by atoms with Gasteiger partial charge in [-0.25, -0.2) is 4.79 Å². The number of carbonyl (C=O) groups excluding carboxylic acids is 1. The molecule has 0 unspecified atom stereocenters. The Kier molecular flexibility index (Phi) is 2.43. The van der Waals surface area contributed by atoms with Crippen molar-refractivity contribution in [2.45, 2.75) is 13.3 Å². The normalized spacial score (nSPS) is 7.00. The fourth-order valence-corrected chi connectivity index (χ4v) is 0.0510. The average Bonchev–Trinajstić information content (AvgIpc) is 1.65. The van der Waals surface area contributed by atoms with Gasteiger partial charge < -0.3 is 0 Å². The molecule has 0 fully saturated rings. The van der Waals surface area contributed by atoms with E-state index < -0.39 is 0 Å². The minimum absolute atomic E-state index is 0.573. The SMILES string of the molecule is [CH2]CC(C)=C=O. The lowest BCUT2D eigenvalue weighted by molar-refractivity contribution is 0.566. The molecule has 0 saturated heterocycles. The summed E-state index contributed by atoms with van der Waals surface area (Å²) in [6.45, 7) is 5.17. The molecule has 0 rings (SSSR count). The van der Waals surface area contributed by atoms with Crippen LogP contribution in [0.3, 0.4) is 0 Å². The van der Waals surface area contributed by atoms with E-state index in [2.05, 4.69) is 6.92 Å². The van der Waals surface area contributed by atoms with E-state index in [1.54, 1.807) is 12.9 Å². The fraction of sp³-hybridized carbons (Fsp3) is 0.400. The molecule has 1 nitrogen and oxygen atoms in total. The van der Waals surface area contributed by atoms with Crippen LogP contribution in [0.2, 0.25) is 0 Å². The summed E-state index contributed by atoms with van der Waals surface area (Å²) in [7, 11) is 0. The first kappa shape index (κ1) is 5.45. The highest BCUT2D eigenvalue weighted by atomic mass is 16.1. The van der Waals surface area contributed by atoms with E-state index >= 15 is 0 Å². The van der Waals surface area contributed by atoms with Gasteiger partial charge in [-0.1, -0.05) is 0 Å². The number of hydrogen-bond acceptors (Lipinski definition) is 1. The van der Waals surface area contributed by atoms with E-state index in [0.717, 1.165) is 0 Å². The molecule has 0 aromatic heterocycles. The maximum Gasteiger partial charge on any atom is 0.123 e. The second-order valence-electron chi connectivity index (χ2n) is 1.13. The lowest BCUT2D eigenvalue weighted by atomic mass is 10.3. The fourth-order valence-electron chi connectivity index (χ4n) is 0.0510. The van der Waals surface area contributed by atoms with E-state index in [1.165, 1.54) is 0 Å². The summed E-state index contributed by atoms with van der Waals surface area (Å²) in [5.74, 6) is 1.72. The van der Waals surface area contributed by atoms with Gasteiger partial charge in [-0.3, -0.25) is 0 Å². The second-order valence-corrected chi connectivity index (χ2v) is 1.13. The van der Waals surface area contributed by atoms with Crippen LogP contribution >= 0.6 is 0 Å². The van der Waals surface area contributed by atoms with Gasteiger partial charge in [-0.05, 0) is 20.3 Å². The van der Waals surface area contributed by atoms with Crippen LogP contribution in [0.25, 0.3) is 0 Å². The van der Waals surface area contributed by atoms with Crippen molar-refractivity contribution in [3.8, 4) is 0 Å². The van der Waals surface area contributed by atoms with Crippen molar-refractivity contribution < 1.29 is 4.79 Å². The summed E-state index contributed by atoms with van der Waals surface area (Å²) in [4.78, 5) is 9.53. The van der Waals surface area contributed by atoms with Crippen molar-refractivity contribution in [3.63, 3.8) is 0 Å². The first-order chi connectivity index (χ1) is 2.81. The van der Waals surface area contributed by atoms with Crippen molar-refractivity contribution in [1.29, 1.82) is 0 Å². The molecule has 6 heavy (non-hydrogen) atoms. The topological polar surface area (TPSA) is 17.1 Å². The van der Waals surface area contributed by atoms with Gasteiger partial charge in [0.1, 0.15) is 5.94 Å². The second kappa shape index (κ2) is 2.67. The molecule has 0 bridgehead atoms. The Morgan fingerprint density at radius 1 is 2.00 bits per heavy atom. The van der Waals surface area contributed by atoms with Crippen LogP contribution < -0.4 is 0 Å². The first-order valence-electron chi connectivity index (χ1n) is 1.81. The Hall–Kier alpha value is -0.550. The molecule has 0 amide bonds. The molecule has 0 N–H and O–H groups in total. The van der Waals surface area contributed by atoms with Gasteiger partial charge in [0.15, 0.2) is 0 Å². The molecule has 0 spiro atoms. The standard InChI is InChI=1S/C5H7O/c1-3-5(2)4-6/h1,3H2,2H3. The number of hydrogen-bond donors (Lipinski definition) is 0. The predicted molar refractivity (Wildman–Crippen MR) is 24.9 cm³/mol. The largest absolute Gasteiger partial charge is 0.234 e. The molecular formula is C5H7O. The molecule has 0 aromatic carbocycles. The van der Waals surface area contributed by atoms with Gasteiger partial charge in [-0.2, -0.15) is 0 Å². The van der Waals surface area contributed by atoms with Crippen LogP contribution in [-0.2, 0) is 4.79 Å². The van der Waals surface area contributed by atoms with Crippen LogP contribution in [0.1, 0.15) is 13.3 Å². The van der Waals surface area contributed by atoms with Gasteiger partial charge in [0.05, 0.1) is 0 Å². The minimum Gasteiger partial charge on any atom is -0.234 e. The van der Waals surface area contributed by atoms with Crippen molar-refractivity contribution in [1.82, 2.24) is 0 Å². The summed E-state index contributed by atoms with van der Waals surface area (Å²) in [6, 6.07) is 0. The van der Waals surface area contributed by atoms with E-state index in [4.69, 9.17) is 0 Å². The lowest BCUT2D eigenvalue weighted by Crippen LogP contribution is -1.67. The van der Waals surface area contributed by atoms with E-state index in [1.807, 2.05) is 0 Å². The summed E-state index contributed by atoms with van der Waals surface area (Å²) in [5.41, 5.74) is 0.676.